The molecular formula is C25H29N3O5. The second-order valence-corrected chi connectivity index (χ2v) is 8.52. The lowest BCUT2D eigenvalue weighted by Crippen LogP contribution is -2.37. The summed E-state index contributed by atoms with van der Waals surface area (Å²) >= 11 is 0. The molecule has 1 fully saturated rings. The number of aliphatic carboxylic acids is 1. The molecule has 2 aromatic carbocycles. The maximum Gasteiger partial charge on any atom is 0.306 e. The number of hydrogen-bond acceptors (Lipinski definition) is 5. The largest absolute Gasteiger partial charge is 0.490 e. The minimum atomic E-state index is -0.732. The third-order valence-electron chi connectivity index (χ3n) is 6.30. The Hall–Kier alpha value is -3.55. The van der Waals surface area contributed by atoms with E-state index in [0.29, 0.717) is 56.6 Å². The molecule has 0 spiro atoms. The average molecular weight is 452 g/mol. The van der Waals surface area contributed by atoms with E-state index < -0.39 is 5.97 Å². The quantitative estimate of drug-likeness (QED) is 0.459. The Morgan fingerprint density at radius 2 is 1.64 bits per heavy atom. The monoisotopic (exact) mass is 451 g/mol. The molecule has 1 aliphatic carbocycles. The third kappa shape index (κ3) is 5.63. The van der Waals surface area contributed by atoms with Crippen molar-refractivity contribution < 1.29 is 24.2 Å². The topological polar surface area (TPSA) is 117 Å². The minimum absolute atomic E-state index is 0.00548. The van der Waals surface area contributed by atoms with Gasteiger partial charge in [0.2, 0.25) is 5.91 Å². The summed E-state index contributed by atoms with van der Waals surface area (Å²) in [6.45, 7) is 1.26. The smallest absolute Gasteiger partial charge is 0.306 e. The summed E-state index contributed by atoms with van der Waals surface area (Å²) in [7, 11) is 0. The average Bonchev–Trinajstić information content (AvgIpc) is 3.27. The fourth-order valence-corrected chi connectivity index (χ4v) is 4.41. The number of fused-ring (bicyclic) bond motifs is 1. The highest BCUT2D eigenvalue weighted by molar-refractivity contribution is 5.94. The summed E-state index contributed by atoms with van der Waals surface area (Å²) in [5.74, 6) is -0.825. The van der Waals surface area contributed by atoms with Crippen molar-refractivity contribution in [2.24, 2.45) is 5.92 Å². The molecule has 1 saturated carbocycles. The molecule has 2 amide bonds. The van der Waals surface area contributed by atoms with E-state index in [0.717, 1.165) is 11.3 Å². The molecule has 2 aromatic rings. The van der Waals surface area contributed by atoms with E-state index in [-0.39, 0.29) is 29.8 Å². The zero-order chi connectivity index (χ0) is 23.2. The van der Waals surface area contributed by atoms with Gasteiger partial charge in [0.15, 0.2) is 0 Å². The van der Waals surface area contributed by atoms with Gasteiger partial charge < -0.3 is 25.8 Å². The lowest BCUT2D eigenvalue weighted by molar-refractivity contribution is -0.143. The molecule has 1 heterocycles. The molecule has 1 atom stereocenters. The first-order valence-corrected chi connectivity index (χ1v) is 11.4. The van der Waals surface area contributed by atoms with E-state index in [4.69, 9.17) is 9.84 Å². The maximum absolute atomic E-state index is 12.5. The molecule has 174 valence electrons. The van der Waals surface area contributed by atoms with Gasteiger partial charge in [-0.2, -0.15) is 0 Å². The van der Waals surface area contributed by atoms with Crippen molar-refractivity contribution in [1.82, 2.24) is 10.6 Å². The van der Waals surface area contributed by atoms with Crippen LogP contribution >= 0.6 is 0 Å². The number of benzene rings is 2. The van der Waals surface area contributed by atoms with Crippen LogP contribution in [0.15, 0.2) is 48.5 Å². The molecule has 8 nitrogen and oxygen atoms in total. The Morgan fingerprint density at radius 1 is 0.939 bits per heavy atom. The molecule has 4 rings (SSSR count). The molecule has 1 unspecified atom stereocenters. The second kappa shape index (κ2) is 10.4. The molecule has 2 aliphatic rings. The fourth-order valence-electron chi connectivity index (χ4n) is 4.41. The van der Waals surface area contributed by atoms with Gasteiger partial charge in [-0.3, -0.25) is 14.4 Å². The van der Waals surface area contributed by atoms with Gasteiger partial charge in [0.1, 0.15) is 5.75 Å². The molecule has 33 heavy (non-hydrogen) atoms. The van der Waals surface area contributed by atoms with Gasteiger partial charge in [-0.15, -0.1) is 0 Å². The van der Waals surface area contributed by atoms with E-state index >= 15 is 0 Å². The predicted octanol–water partition coefficient (Wildman–Crippen LogP) is 2.76. The van der Waals surface area contributed by atoms with Gasteiger partial charge in [0.05, 0.1) is 17.9 Å². The number of carboxylic acid groups (broad SMARTS) is 1. The lowest BCUT2D eigenvalue weighted by Gasteiger charge is -2.26. The first-order chi connectivity index (χ1) is 16.0. The summed E-state index contributed by atoms with van der Waals surface area (Å²) in [5.41, 5.74) is 2.50. The van der Waals surface area contributed by atoms with Crippen LogP contribution in [-0.4, -0.2) is 48.6 Å². The Labute approximate surface area is 192 Å². The summed E-state index contributed by atoms with van der Waals surface area (Å²) < 4.78 is 5.94. The second-order valence-electron chi connectivity index (χ2n) is 8.52. The fraction of sp³-hybridized carbons (Fsp3) is 0.400. The number of carbonyl (C=O) groups excluding carboxylic acids is 2. The minimum Gasteiger partial charge on any atom is -0.490 e. The number of carbonyl (C=O) groups is 3. The van der Waals surface area contributed by atoms with E-state index in [1.54, 1.807) is 24.3 Å². The van der Waals surface area contributed by atoms with Gasteiger partial charge >= 0.3 is 5.97 Å². The number of nitrogens with one attached hydrogen (secondary N) is 3. The summed E-state index contributed by atoms with van der Waals surface area (Å²) in [6.07, 6.45) is 2.69. The van der Waals surface area contributed by atoms with Crippen LogP contribution < -0.4 is 20.7 Å². The first kappa shape index (κ1) is 22.6. The normalized spacial score (nSPS) is 21.4. The van der Waals surface area contributed by atoms with Crippen molar-refractivity contribution in [2.45, 2.75) is 37.7 Å². The third-order valence-corrected chi connectivity index (χ3v) is 6.30. The van der Waals surface area contributed by atoms with Crippen LogP contribution in [0.1, 0.15) is 47.5 Å². The molecule has 0 saturated heterocycles. The van der Waals surface area contributed by atoms with Gasteiger partial charge in [-0.1, -0.05) is 18.2 Å². The van der Waals surface area contributed by atoms with Crippen LogP contribution in [0.5, 0.6) is 5.75 Å². The van der Waals surface area contributed by atoms with E-state index in [1.807, 2.05) is 24.3 Å². The van der Waals surface area contributed by atoms with Crippen molar-refractivity contribution in [3.05, 3.63) is 59.7 Å². The number of hydrogen-bond donors (Lipinski definition) is 4. The number of anilines is 1. The van der Waals surface area contributed by atoms with Crippen LogP contribution in [0.25, 0.3) is 0 Å². The Bertz CT molecular complexity index is 999. The van der Waals surface area contributed by atoms with Crippen molar-refractivity contribution in [3.63, 3.8) is 0 Å². The SMILES string of the molecule is O=C(NCCNC(=O)C1CNc2ccccc21)c1ccc(OC2CCC(C(=O)O)CC2)cc1. The standard InChI is InChI=1S/C25H29N3O5/c29-23(26-13-14-27-24(30)21-15-28-22-4-2-1-3-20(21)22)16-5-9-18(10-6-16)33-19-11-7-17(8-12-19)25(31)32/h1-6,9-10,17,19,21,28H,7-8,11-15H2,(H,26,29)(H,27,30)(H,31,32). The van der Waals surface area contributed by atoms with Crippen molar-refractivity contribution in [2.75, 3.05) is 25.0 Å². The van der Waals surface area contributed by atoms with E-state index in [1.165, 1.54) is 0 Å². The lowest BCUT2D eigenvalue weighted by atomic mass is 9.87. The Morgan fingerprint density at radius 3 is 2.36 bits per heavy atom. The van der Waals surface area contributed by atoms with E-state index in [2.05, 4.69) is 16.0 Å². The number of amides is 2. The van der Waals surface area contributed by atoms with E-state index in [9.17, 15) is 14.4 Å². The van der Waals surface area contributed by atoms with Gasteiger partial charge in [0.25, 0.3) is 5.91 Å². The zero-order valence-corrected chi connectivity index (χ0v) is 18.4. The summed E-state index contributed by atoms with van der Waals surface area (Å²) in [4.78, 5) is 35.9. The molecule has 1 aliphatic heterocycles. The highest BCUT2D eigenvalue weighted by Crippen LogP contribution is 2.31. The number of rotatable bonds is 8. The van der Waals surface area contributed by atoms with Crippen molar-refractivity contribution in [1.29, 1.82) is 0 Å². The molecule has 4 N–H and O–H groups in total. The van der Waals surface area contributed by atoms with Gasteiger partial charge in [-0.25, -0.2) is 0 Å². The molecule has 0 bridgehead atoms. The van der Waals surface area contributed by atoms with Crippen LogP contribution in [0.4, 0.5) is 5.69 Å². The number of para-hydroxylation sites is 1. The highest BCUT2D eigenvalue weighted by Gasteiger charge is 2.28. The van der Waals surface area contributed by atoms with Crippen molar-refractivity contribution in [3.8, 4) is 5.75 Å². The first-order valence-electron chi connectivity index (χ1n) is 11.4. The Balaban J connectivity index is 1.17. The maximum atomic E-state index is 12.5. The Kier molecular flexibility index (Phi) is 7.12. The van der Waals surface area contributed by atoms with Gasteiger partial charge in [-0.05, 0) is 61.6 Å². The number of ether oxygens (including phenoxy) is 1. The summed E-state index contributed by atoms with van der Waals surface area (Å²) in [6, 6.07) is 14.7. The molecular weight excluding hydrogens is 422 g/mol. The van der Waals surface area contributed by atoms with Crippen LogP contribution in [0, 0.1) is 5.92 Å². The predicted molar refractivity (Wildman–Crippen MR) is 123 cm³/mol. The molecule has 0 radical (unpaired) electrons. The van der Waals surface area contributed by atoms with Crippen LogP contribution in [0.3, 0.4) is 0 Å². The van der Waals surface area contributed by atoms with Crippen LogP contribution in [0.2, 0.25) is 0 Å². The molecule has 0 aromatic heterocycles. The summed E-state index contributed by atoms with van der Waals surface area (Å²) in [5, 5.41) is 18.0. The highest BCUT2D eigenvalue weighted by atomic mass is 16.5. The van der Waals surface area contributed by atoms with Gasteiger partial charge in [0, 0.05) is 30.9 Å². The molecule has 8 heteroatoms. The van der Waals surface area contributed by atoms with Crippen LogP contribution in [-0.2, 0) is 9.59 Å². The number of carboxylic acids is 1. The zero-order valence-electron chi connectivity index (χ0n) is 18.4. The van der Waals surface area contributed by atoms with Crippen molar-refractivity contribution >= 4 is 23.5 Å².